The molecule has 0 bridgehead atoms. The minimum atomic E-state index is -0.0788. The van der Waals surface area contributed by atoms with Gasteiger partial charge in [-0.05, 0) is 61.7 Å². The number of anilines is 1. The topological polar surface area (TPSA) is 49.4 Å². The van der Waals surface area contributed by atoms with Crippen LogP contribution in [-0.2, 0) is 11.3 Å². The number of aryl methyl sites for hydroxylation is 1. The van der Waals surface area contributed by atoms with E-state index in [0.29, 0.717) is 17.0 Å². The second-order valence-electron chi connectivity index (χ2n) is 8.36. The van der Waals surface area contributed by atoms with Crippen molar-refractivity contribution in [1.82, 2.24) is 5.32 Å². The molecular formula is C28H28N2O2S. The number of thioether (sulfide) groups is 1. The third-order valence-electron chi connectivity index (χ3n) is 5.72. The fourth-order valence-electron chi connectivity index (χ4n) is 3.70. The van der Waals surface area contributed by atoms with E-state index in [4.69, 9.17) is 0 Å². The Morgan fingerprint density at radius 2 is 1.82 bits per heavy atom. The molecule has 0 fully saturated rings. The first-order chi connectivity index (χ1) is 15.9. The lowest BCUT2D eigenvalue weighted by atomic mass is 10.1. The van der Waals surface area contributed by atoms with Gasteiger partial charge in [0.25, 0.3) is 11.8 Å². The molecule has 0 unspecified atom stereocenters. The lowest BCUT2D eigenvalue weighted by Crippen LogP contribution is -2.33. The Bertz CT molecular complexity index is 1200. The van der Waals surface area contributed by atoms with Crippen molar-refractivity contribution in [2.24, 2.45) is 0 Å². The highest BCUT2D eigenvalue weighted by Gasteiger charge is 2.29. The highest BCUT2D eigenvalue weighted by atomic mass is 32.2. The number of nitrogens with one attached hydrogen (secondary N) is 1. The number of carbonyl (C=O) groups is 2. The fourth-order valence-corrected chi connectivity index (χ4v) is 4.76. The minimum absolute atomic E-state index is 0.0150. The number of nitrogens with zero attached hydrogens (tertiary/aromatic N) is 1. The first-order valence-electron chi connectivity index (χ1n) is 11.2. The number of hydrogen-bond donors (Lipinski definition) is 1. The average molecular weight is 457 g/mol. The molecule has 0 aromatic heterocycles. The van der Waals surface area contributed by atoms with E-state index in [1.165, 1.54) is 17.3 Å². The molecule has 4 rings (SSSR count). The van der Waals surface area contributed by atoms with Crippen LogP contribution in [0.15, 0.2) is 82.6 Å². The molecular weight excluding hydrogens is 428 g/mol. The molecule has 0 spiro atoms. The summed E-state index contributed by atoms with van der Waals surface area (Å²) in [5.41, 5.74) is 4.71. The summed E-state index contributed by atoms with van der Waals surface area (Å²) >= 11 is 1.49. The van der Waals surface area contributed by atoms with Crippen molar-refractivity contribution in [2.45, 2.75) is 44.7 Å². The van der Waals surface area contributed by atoms with Gasteiger partial charge in [-0.25, -0.2) is 0 Å². The van der Waals surface area contributed by atoms with Crippen LogP contribution in [0.5, 0.6) is 0 Å². The smallest absolute Gasteiger partial charge is 0.265 e. The van der Waals surface area contributed by atoms with Crippen molar-refractivity contribution in [3.8, 4) is 0 Å². The molecule has 33 heavy (non-hydrogen) atoms. The molecule has 0 aliphatic carbocycles. The Morgan fingerprint density at radius 1 is 1.06 bits per heavy atom. The van der Waals surface area contributed by atoms with Gasteiger partial charge < -0.3 is 10.2 Å². The van der Waals surface area contributed by atoms with Gasteiger partial charge in [0.15, 0.2) is 0 Å². The van der Waals surface area contributed by atoms with E-state index in [1.54, 1.807) is 12.1 Å². The van der Waals surface area contributed by atoms with Gasteiger partial charge in [-0.15, -0.1) is 0 Å². The summed E-state index contributed by atoms with van der Waals surface area (Å²) < 4.78 is 0. The maximum atomic E-state index is 13.5. The van der Waals surface area contributed by atoms with E-state index in [1.807, 2.05) is 67.3 Å². The normalized spacial score (nSPS) is 15.3. The van der Waals surface area contributed by atoms with Crippen molar-refractivity contribution in [3.63, 3.8) is 0 Å². The number of rotatable bonds is 6. The molecule has 3 aromatic carbocycles. The standard InChI is InChI=1S/C28H28N2O2S/c1-4-20(3)29-27(31)23-14-12-21(13-15-23)17-26-28(32)30(18-22-9-7-8-19(2)16-22)24-10-5-6-11-25(24)33-26/h5-17,20H,4,18H2,1-3H3,(H,29,31)/b26-17+/t20-/m0/s1. The Kier molecular flexibility index (Phi) is 6.99. The zero-order valence-electron chi connectivity index (χ0n) is 19.2. The van der Waals surface area contributed by atoms with Crippen molar-refractivity contribution >= 4 is 35.3 Å². The maximum absolute atomic E-state index is 13.5. The molecule has 1 heterocycles. The molecule has 1 aliphatic heterocycles. The molecule has 168 valence electrons. The number of fused-ring (bicyclic) bond motifs is 1. The second kappa shape index (κ2) is 10.1. The first-order valence-corrected chi connectivity index (χ1v) is 12.0. The SMILES string of the molecule is CC[C@H](C)NC(=O)c1ccc(/C=C2/Sc3ccccc3N(Cc3cccc(C)c3)C2=O)cc1. The summed E-state index contributed by atoms with van der Waals surface area (Å²) in [5, 5.41) is 2.98. The maximum Gasteiger partial charge on any atom is 0.265 e. The van der Waals surface area contributed by atoms with Gasteiger partial charge >= 0.3 is 0 Å². The van der Waals surface area contributed by atoms with Crippen LogP contribution in [0.1, 0.15) is 47.3 Å². The lowest BCUT2D eigenvalue weighted by Gasteiger charge is -2.30. The summed E-state index contributed by atoms with van der Waals surface area (Å²) in [6, 6.07) is 23.8. The highest BCUT2D eigenvalue weighted by molar-refractivity contribution is 8.04. The second-order valence-corrected chi connectivity index (χ2v) is 9.45. The summed E-state index contributed by atoms with van der Waals surface area (Å²) in [4.78, 5) is 29.4. The van der Waals surface area contributed by atoms with Gasteiger partial charge in [-0.3, -0.25) is 9.59 Å². The van der Waals surface area contributed by atoms with E-state index in [0.717, 1.165) is 28.1 Å². The van der Waals surface area contributed by atoms with Crippen LogP contribution in [-0.4, -0.2) is 17.9 Å². The largest absolute Gasteiger partial charge is 0.350 e. The van der Waals surface area contributed by atoms with Crippen molar-refractivity contribution in [2.75, 3.05) is 4.90 Å². The van der Waals surface area contributed by atoms with Crippen molar-refractivity contribution in [3.05, 3.63) is 100.0 Å². The van der Waals surface area contributed by atoms with Crippen LogP contribution in [0.4, 0.5) is 5.69 Å². The van der Waals surface area contributed by atoms with Crippen LogP contribution < -0.4 is 10.2 Å². The van der Waals surface area contributed by atoms with Gasteiger partial charge in [-0.2, -0.15) is 0 Å². The molecule has 2 amide bonds. The minimum Gasteiger partial charge on any atom is -0.350 e. The van der Waals surface area contributed by atoms with Crippen LogP contribution in [0.3, 0.4) is 0 Å². The number of amides is 2. The third kappa shape index (κ3) is 5.37. The van der Waals surface area contributed by atoms with Crippen LogP contribution in [0.2, 0.25) is 0 Å². The molecule has 3 aromatic rings. The zero-order valence-corrected chi connectivity index (χ0v) is 20.0. The van der Waals surface area contributed by atoms with Gasteiger partial charge in [0.2, 0.25) is 0 Å². The van der Waals surface area contributed by atoms with E-state index in [2.05, 4.69) is 30.4 Å². The highest BCUT2D eigenvalue weighted by Crippen LogP contribution is 2.42. The number of benzene rings is 3. The molecule has 1 atom stereocenters. The monoisotopic (exact) mass is 456 g/mol. The molecule has 0 saturated heterocycles. The number of carbonyl (C=O) groups excluding carboxylic acids is 2. The molecule has 0 saturated carbocycles. The molecule has 1 aliphatic rings. The predicted molar refractivity (Wildman–Crippen MR) is 136 cm³/mol. The van der Waals surface area contributed by atoms with E-state index >= 15 is 0 Å². The average Bonchev–Trinajstić information content (AvgIpc) is 2.82. The van der Waals surface area contributed by atoms with Gasteiger partial charge in [0.1, 0.15) is 0 Å². The Hall–Kier alpha value is -3.31. The van der Waals surface area contributed by atoms with E-state index in [9.17, 15) is 9.59 Å². The summed E-state index contributed by atoms with van der Waals surface area (Å²) in [7, 11) is 0. The van der Waals surface area contributed by atoms with Gasteiger partial charge in [0.05, 0.1) is 17.1 Å². The van der Waals surface area contributed by atoms with Crippen LogP contribution >= 0.6 is 11.8 Å². The molecule has 1 N–H and O–H groups in total. The van der Waals surface area contributed by atoms with Crippen molar-refractivity contribution < 1.29 is 9.59 Å². The fraction of sp³-hybridized carbons (Fsp3) is 0.214. The predicted octanol–water partition coefficient (Wildman–Crippen LogP) is 6.20. The Labute approximate surface area is 199 Å². The van der Waals surface area contributed by atoms with E-state index in [-0.39, 0.29) is 17.9 Å². The summed E-state index contributed by atoms with van der Waals surface area (Å²) in [6.45, 7) is 6.61. The van der Waals surface area contributed by atoms with Crippen LogP contribution in [0.25, 0.3) is 6.08 Å². The van der Waals surface area contributed by atoms with Crippen molar-refractivity contribution in [1.29, 1.82) is 0 Å². The van der Waals surface area contributed by atoms with Gasteiger partial charge in [-0.1, -0.05) is 72.8 Å². The molecule has 0 radical (unpaired) electrons. The quantitative estimate of drug-likeness (QED) is 0.449. The Morgan fingerprint density at radius 3 is 2.55 bits per heavy atom. The summed E-state index contributed by atoms with van der Waals surface area (Å²) in [5.74, 6) is -0.0938. The molecule has 5 heteroatoms. The third-order valence-corrected chi connectivity index (χ3v) is 6.79. The van der Waals surface area contributed by atoms with E-state index < -0.39 is 0 Å². The lowest BCUT2D eigenvalue weighted by molar-refractivity contribution is -0.114. The van der Waals surface area contributed by atoms with Gasteiger partial charge in [0, 0.05) is 16.5 Å². The molecule has 4 nitrogen and oxygen atoms in total. The Balaban J connectivity index is 1.60. The zero-order chi connectivity index (χ0) is 23.4. The van der Waals surface area contributed by atoms with Crippen LogP contribution in [0, 0.1) is 6.92 Å². The number of hydrogen-bond acceptors (Lipinski definition) is 3. The number of para-hydroxylation sites is 1. The summed E-state index contributed by atoms with van der Waals surface area (Å²) in [6.07, 6.45) is 2.79. The first kappa shape index (κ1) is 22.9.